The first-order chi connectivity index (χ1) is 17.7. The van der Waals surface area contributed by atoms with Crippen LogP contribution in [0, 0.1) is 5.41 Å². The maximum Gasteiger partial charge on any atom is 0.248 e. The van der Waals surface area contributed by atoms with Gasteiger partial charge < -0.3 is 24.8 Å². The fraction of sp³-hybridized carbons (Fsp3) is 0.630. The Labute approximate surface area is 216 Å². The Balaban J connectivity index is 1.17. The van der Waals surface area contributed by atoms with Crippen LogP contribution in [-0.4, -0.2) is 74.8 Å². The van der Waals surface area contributed by atoms with Crippen molar-refractivity contribution in [3.63, 3.8) is 0 Å². The number of likely N-dealkylation sites (tertiary alicyclic amines) is 1. The highest BCUT2D eigenvalue weighted by molar-refractivity contribution is 5.90. The number of β-amino-alcohol motifs (C(OH)–C–C–N with tert-alkyl or cyclic N) is 1. The van der Waals surface area contributed by atoms with Gasteiger partial charge in [-0.25, -0.2) is 4.68 Å². The van der Waals surface area contributed by atoms with E-state index in [1.54, 1.807) is 4.68 Å². The van der Waals surface area contributed by atoms with E-state index >= 15 is 0 Å². The highest BCUT2D eigenvalue weighted by Gasteiger charge is 2.48. The van der Waals surface area contributed by atoms with Crippen LogP contribution < -0.4 is 14.8 Å². The molecule has 2 saturated carbocycles. The molecule has 2 aliphatic carbocycles. The molecule has 0 radical (unpaired) electrons. The molecule has 37 heavy (non-hydrogen) atoms. The van der Waals surface area contributed by atoms with Gasteiger partial charge in [0.15, 0.2) is 11.5 Å². The molecule has 6 rings (SSSR count). The fourth-order valence-electron chi connectivity index (χ4n) is 5.69. The third kappa shape index (κ3) is 4.67. The van der Waals surface area contributed by atoms with Crippen molar-refractivity contribution in [3.8, 4) is 11.5 Å². The minimum atomic E-state index is -0.750. The van der Waals surface area contributed by atoms with Gasteiger partial charge >= 0.3 is 0 Å². The number of hydrogen-bond acceptors (Lipinski definition) is 7. The van der Waals surface area contributed by atoms with Gasteiger partial charge in [-0.05, 0) is 30.7 Å². The summed E-state index contributed by atoms with van der Waals surface area (Å²) in [5.41, 5.74) is 1.48. The maximum absolute atomic E-state index is 13.9. The Morgan fingerprint density at radius 3 is 2.70 bits per heavy atom. The molecule has 198 valence electrons. The summed E-state index contributed by atoms with van der Waals surface area (Å²) in [4.78, 5) is 28.9. The van der Waals surface area contributed by atoms with Crippen molar-refractivity contribution in [2.75, 3.05) is 19.8 Å². The van der Waals surface area contributed by atoms with E-state index in [4.69, 9.17) is 9.47 Å². The van der Waals surface area contributed by atoms with Crippen molar-refractivity contribution >= 4 is 11.8 Å². The maximum atomic E-state index is 13.9. The number of aliphatic hydroxyl groups is 1. The third-order valence-electron chi connectivity index (χ3n) is 7.82. The zero-order valence-electron chi connectivity index (χ0n) is 21.6. The Morgan fingerprint density at radius 2 is 1.95 bits per heavy atom. The summed E-state index contributed by atoms with van der Waals surface area (Å²) in [5.74, 6) is 1.61. The summed E-state index contributed by atoms with van der Waals surface area (Å²) in [7, 11) is 0. The number of hydrogen-bond donors (Lipinski definition) is 2. The number of nitrogens with zero attached hydrogens (tertiary/aromatic N) is 4. The molecule has 1 aromatic heterocycles. The first kappa shape index (κ1) is 24.2. The fourth-order valence-corrected chi connectivity index (χ4v) is 5.69. The number of para-hydroxylation sites is 1. The van der Waals surface area contributed by atoms with Gasteiger partial charge in [-0.15, -0.1) is 5.10 Å². The molecular weight excluding hydrogens is 474 g/mol. The smallest absolute Gasteiger partial charge is 0.248 e. The van der Waals surface area contributed by atoms with E-state index < -0.39 is 23.6 Å². The van der Waals surface area contributed by atoms with Crippen LogP contribution in [0.25, 0.3) is 0 Å². The van der Waals surface area contributed by atoms with E-state index in [0.717, 1.165) is 42.0 Å². The minimum absolute atomic E-state index is 0.0472. The molecule has 2 amide bonds. The molecule has 2 aromatic rings. The van der Waals surface area contributed by atoms with E-state index in [9.17, 15) is 14.7 Å². The number of aromatic nitrogens is 3. The molecule has 0 unspecified atom stereocenters. The topological polar surface area (TPSA) is 119 Å². The Hall–Kier alpha value is -3.14. The van der Waals surface area contributed by atoms with E-state index in [1.807, 2.05) is 45.2 Å². The SMILES string of the molecule is CC(C)(C)[C@@H](C(=O)N1C[C@H](O)C[C@H]1C(=O)N[C@@H]1C[C@H]1c1cccc2c1OCCO2)n1cc(C2CC2)nn1. The molecule has 0 bridgehead atoms. The molecule has 2 aliphatic heterocycles. The zero-order chi connectivity index (χ0) is 25.9. The first-order valence-electron chi connectivity index (χ1n) is 13.3. The van der Waals surface area contributed by atoms with Crippen molar-refractivity contribution in [1.29, 1.82) is 0 Å². The second-order valence-corrected chi connectivity index (χ2v) is 11.9. The largest absolute Gasteiger partial charge is 0.486 e. The van der Waals surface area contributed by atoms with Crippen molar-refractivity contribution in [2.24, 2.45) is 5.41 Å². The van der Waals surface area contributed by atoms with Crippen LogP contribution in [0.3, 0.4) is 0 Å². The normalized spacial score (nSPS) is 27.6. The van der Waals surface area contributed by atoms with Crippen LogP contribution in [0.1, 0.15) is 75.6 Å². The molecule has 1 aromatic carbocycles. The average molecular weight is 510 g/mol. The number of rotatable bonds is 6. The van der Waals surface area contributed by atoms with Crippen molar-refractivity contribution in [2.45, 2.75) is 82.5 Å². The van der Waals surface area contributed by atoms with E-state index in [-0.39, 0.29) is 36.7 Å². The van der Waals surface area contributed by atoms with Gasteiger partial charge in [-0.2, -0.15) is 0 Å². The van der Waals surface area contributed by atoms with Gasteiger partial charge in [-0.3, -0.25) is 9.59 Å². The van der Waals surface area contributed by atoms with E-state index in [0.29, 0.717) is 19.1 Å². The first-order valence-corrected chi connectivity index (χ1v) is 13.3. The molecule has 10 heteroatoms. The van der Waals surface area contributed by atoms with Gasteiger partial charge in [0, 0.05) is 42.6 Å². The number of benzene rings is 1. The Kier molecular flexibility index (Phi) is 5.89. The number of aliphatic hydroxyl groups excluding tert-OH is 1. The molecule has 0 spiro atoms. The quantitative estimate of drug-likeness (QED) is 0.612. The molecule has 1 saturated heterocycles. The van der Waals surface area contributed by atoms with Gasteiger partial charge in [0.2, 0.25) is 11.8 Å². The van der Waals surface area contributed by atoms with E-state index in [1.165, 1.54) is 4.90 Å². The Bertz CT molecular complexity index is 1200. The van der Waals surface area contributed by atoms with Gasteiger partial charge in [-0.1, -0.05) is 38.1 Å². The summed E-state index contributed by atoms with van der Waals surface area (Å²) in [6, 6.07) is 4.44. The summed E-state index contributed by atoms with van der Waals surface area (Å²) in [5, 5.41) is 22.2. The highest BCUT2D eigenvalue weighted by Crippen LogP contribution is 2.48. The van der Waals surface area contributed by atoms with Crippen molar-refractivity contribution in [1.82, 2.24) is 25.2 Å². The number of ether oxygens (including phenoxy) is 2. The number of carbonyl (C=O) groups is 2. The number of fused-ring (bicyclic) bond motifs is 1. The van der Waals surface area contributed by atoms with E-state index in [2.05, 4.69) is 15.6 Å². The van der Waals surface area contributed by atoms with Crippen LogP contribution in [0.15, 0.2) is 24.4 Å². The molecule has 10 nitrogen and oxygen atoms in total. The third-order valence-corrected chi connectivity index (χ3v) is 7.82. The lowest BCUT2D eigenvalue weighted by atomic mass is 9.85. The van der Waals surface area contributed by atoms with Crippen molar-refractivity contribution in [3.05, 3.63) is 35.7 Å². The van der Waals surface area contributed by atoms with Crippen molar-refractivity contribution < 1.29 is 24.2 Å². The minimum Gasteiger partial charge on any atom is -0.486 e. The number of nitrogens with one attached hydrogen (secondary N) is 1. The molecule has 5 atom stereocenters. The van der Waals surface area contributed by atoms with Crippen LogP contribution in [0.2, 0.25) is 0 Å². The monoisotopic (exact) mass is 509 g/mol. The van der Waals surface area contributed by atoms with Gasteiger partial charge in [0.05, 0.1) is 11.8 Å². The predicted molar refractivity (Wildman–Crippen MR) is 133 cm³/mol. The number of carbonyl (C=O) groups excluding carboxylic acids is 2. The predicted octanol–water partition coefficient (Wildman–Crippen LogP) is 2.15. The second-order valence-electron chi connectivity index (χ2n) is 11.9. The van der Waals surface area contributed by atoms with Crippen LogP contribution >= 0.6 is 0 Å². The standard InChI is InChI=1S/C27H35N5O5/c1-27(2,3)24(32-14-20(29-30-32)15-7-8-15)26(35)31-13-16(33)11-21(31)25(34)28-19-12-18(19)17-5-4-6-22-23(17)37-10-9-36-22/h4-6,14-16,18-19,21,24,33H,7-13H2,1-3H3,(H,28,34)/t16-,18+,19-,21+,24-/m1/s1. The second kappa shape index (κ2) is 9.01. The molecule has 2 N–H and O–H groups in total. The Morgan fingerprint density at radius 1 is 1.16 bits per heavy atom. The molecule has 3 heterocycles. The molecule has 3 fully saturated rings. The molecular formula is C27H35N5O5. The van der Waals surface area contributed by atoms with Crippen LogP contribution in [-0.2, 0) is 9.59 Å². The summed E-state index contributed by atoms with van der Waals surface area (Å²) in [6.45, 7) is 7.11. The summed E-state index contributed by atoms with van der Waals surface area (Å²) >= 11 is 0. The highest BCUT2D eigenvalue weighted by atomic mass is 16.6. The zero-order valence-corrected chi connectivity index (χ0v) is 21.6. The lowest BCUT2D eigenvalue weighted by molar-refractivity contribution is -0.144. The van der Waals surface area contributed by atoms with Crippen LogP contribution in [0.4, 0.5) is 0 Å². The lowest BCUT2D eigenvalue weighted by Crippen LogP contribution is -2.50. The lowest BCUT2D eigenvalue weighted by Gasteiger charge is -2.34. The number of amides is 2. The van der Waals surface area contributed by atoms with Gasteiger partial charge in [0.1, 0.15) is 25.3 Å². The molecule has 4 aliphatic rings. The van der Waals surface area contributed by atoms with Crippen LogP contribution in [0.5, 0.6) is 11.5 Å². The van der Waals surface area contributed by atoms with Gasteiger partial charge in [0.25, 0.3) is 0 Å². The summed E-state index contributed by atoms with van der Waals surface area (Å²) in [6.07, 6.45) is 4.32. The summed E-state index contributed by atoms with van der Waals surface area (Å²) < 4.78 is 13.2. The average Bonchev–Trinajstić information content (AvgIpc) is 3.76.